The van der Waals surface area contributed by atoms with Gasteiger partial charge in [0.15, 0.2) is 11.6 Å². The summed E-state index contributed by atoms with van der Waals surface area (Å²) in [6.45, 7) is 4.61. The smallest absolute Gasteiger partial charge is 0.266 e. The van der Waals surface area contributed by atoms with Crippen LogP contribution in [-0.4, -0.2) is 66.7 Å². The maximum Gasteiger partial charge on any atom is 0.266 e. The summed E-state index contributed by atoms with van der Waals surface area (Å²) in [4.78, 5) is 2.39. The molecule has 2 saturated heterocycles. The average molecular weight is 484 g/mol. The minimum atomic E-state index is -3.03. The summed E-state index contributed by atoms with van der Waals surface area (Å²) in [5.74, 6) is -2.93. The van der Waals surface area contributed by atoms with E-state index < -0.39 is 40.7 Å². The number of alkyl halides is 2. The Labute approximate surface area is 193 Å². The van der Waals surface area contributed by atoms with E-state index in [1.807, 2.05) is 0 Å². The van der Waals surface area contributed by atoms with Crippen LogP contribution < -0.4 is 5.32 Å². The maximum atomic E-state index is 14.2. The van der Waals surface area contributed by atoms with E-state index in [1.54, 1.807) is 0 Å². The lowest BCUT2D eigenvalue weighted by atomic mass is 10.0. The molecule has 11 heteroatoms. The van der Waals surface area contributed by atoms with E-state index in [0.29, 0.717) is 43.8 Å². The number of likely N-dealkylation sites (tertiary alicyclic amines) is 1. The highest BCUT2D eigenvalue weighted by molar-refractivity contribution is 5.65. The van der Waals surface area contributed by atoms with E-state index in [-0.39, 0.29) is 18.0 Å². The van der Waals surface area contributed by atoms with Crippen LogP contribution in [0.1, 0.15) is 24.8 Å². The Balaban J connectivity index is 1.24. The first kappa shape index (κ1) is 23.4. The second kappa shape index (κ2) is 9.71. The molecule has 3 heterocycles. The molecule has 0 bridgehead atoms. The fourth-order valence-corrected chi connectivity index (χ4v) is 5.38. The number of hydrogen-bond acceptors (Lipinski definition) is 6. The molecule has 1 aromatic carbocycles. The van der Waals surface area contributed by atoms with Crippen LogP contribution in [0.4, 0.5) is 27.8 Å². The summed E-state index contributed by atoms with van der Waals surface area (Å²) in [6, 6.07) is 2.10. The highest BCUT2D eigenvalue weighted by Crippen LogP contribution is 2.40. The van der Waals surface area contributed by atoms with Gasteiger partial charge >= 0.3 is 0 Å². The molecule has 2 aliphatic heterocycles. The van der Waals surface area contributed by atoms with Crippen molar-refractivity contribution in [2.45, 2.75) is 31.4 Å². The number of hydrogen-bond donors (Lipinski definition) is 1. The summed E-state index contributed by atoms with van der Waals surface area (Å²) in [5.41, 5.74) is -1.90. The van der Waals surface area contributed by atoms with Gasteiger partial charge in [0.1, 0.15) is 17.3 Å². The molecule has 3 fully saturated rings. The SMILES string of the molecule is Fc1cc(F)c(F)c(-c2nnc(NC3C[C@@H]4CN(CC5COCCO5)C[C@@H]4C3)cc2C(F)F)c1. The molecule has 1 N–H and O–H groups in total. The monoisotopic (exact) mass is 484 g/mol. The summed E-state index contributed by atoms with van der Waals surface area (Å²) in [7, 11) is 0. The van der Waals surface area contributed by atoms with Crippen LogP contribution in [0.3, 0.4) is 0 Å². The van der Waals surface area contributed by atoms with Crippen LogP contribution >= 0.6 is 0 Å². The van der Waals surface area contributed by atoms with Crippen LogP contribution in [0.5, 0.6) is 0 Å². The van der Waals surface area contributed by atoms with Crippen molar-refractivity contribution in [3.05, 3.63) is 41.2 Å². The Morgan fingerprint density at radius 2 is 1.79 bits per heavy atom. The van der Waals surface area contributed by atoms with Crippen LogP contribution in [0.2, 0.25) is 0 Å². The number of anilines is 1. The first-order valence-corrected chi connectivity index (χ1v) is 11.4. The van der Waals surface area contributed by atoms with Crippen LogP contribution in [-0.2, 0) is 9.47 Å². The van der Waals surface area contributed by atoms with Gasteiger partial charge in [-0.3, -0.25) is 0 Å². The van der Waals surface area contributed by atoms with Crippen LogP contribution in [0, 0.1) is 29.3 Å². The minimum Gasteiger partial charge on any atom is -0.376 e. The summed E-state index contributed by atoms with van der Waals surface area (Å²) in [6.07, 6.45) is -1.21. The van der Waals surface area contributed by atoms with Gasteiger partial charge in [-0.25, -0.2) is 22.0 Å². The zero-order chi connectivity index (χ0) is 23.8. The zero-order valence-corrected chi connectivity index (χ0v) is 18.3. The van der Waals surface area contributed by atoms with Crippen molar-refractivity contribution in [2.24, 2.45) is 11.8 Å². The number of benzene rings is 1. The molecule has 5 rings (SSSR count). The van der Waals surface area contributed by atoms with E-state index in [2.05, 4.69) is 20.4 Å². The van der Waals surface area contributed by atoms with E-state index in [4.69, 9.17) is 9.47 Å². The number of ether oxygens (including phenoxy) is 2. The maximum absolute atomic E-state index is 14.2. The van der Waals surface area contributed by atoms with Gasteiger partial charge in [-0.05, 0) is 36.8 Å². The van der Waals surface area contributed by atoms with E-state index in [9.17, 15) is 22.0 Å². The number of rotatable bonds is 6. The number of aromatic nitrogens is 2. The van der Waals surface area contributed by atoms with Gasteiger partial charge in [0.25, 0.3) is 6.43 Å². The highest BCUT2D eigenvalue weighted by Gasteiger charge is 2.41. The third kappa shape index (κ3) is 4.87. The zero-order valence-electron chi connectivity index (χ0n) is 18.3. The number of nitrogens with one attached hydrogen (secondary N) is 1. The van der Waals surface area contributed by atoms with Crippen molar-refractivity contribution < 1.29 is 31.4 Å². The molecule has 0 radical (unpaired) electrons. The molecule has 1 saturated carbocycles. The summed E-state index contributed by atoms with van der Waals surface area (Å²) in [5, 5.41) is 10.8. The molecular formula is C23H25F5N4O2. The largest absolute Gasteiger partial charge is 0.376 e. The average Bonchev–Trinajstić information content (AvgIpc) is 3.34. The molecule has 184 valence electrons. The predicted octanol–water partition coefficient (Wildman–Crippen LogP) is 4.04. The van der Waals surface area contributed by atoms with Gasteiger partial charge < -0.3 is 19.7 Å². The summed E-state index contributed by atoms with van der Waals surface area (Å²) < 4.78 is 80.0. The first-order valence-electron chi connectivity index (χ1n) is 11.4. The Bertz CT molecular complexity index is 1020. The van der Waals surface area contributed by atoms with Gasteiger partial charge in [-0.2, -0.15) is 0 Å². The Hall–Kier alpha value is -2.37. The molecule has 0 amide bonds. The van der Waals surface area contributed by atoms with Gasteiger partial charge in [0.05, 0.1) is 25.9 Å². The molecule has 4 atom stereocenters. The molecule has 3 aliphatic rings. The number of fused-ring (bicyclic) bond motifs is 1. The molecular weight excluding hydrogens is 459 g/mol. The predicted molar refractivity (Wildman–Crippen MR) is 113 cm³/mol. The van der Waals surface area contributed by atoms with Crippen molar-refractivity contribution in [2.75, 3.05) is 44.8 Å². The molecule has 1 aliphatic carbocycles. The Morgan fingerprint density at radius 3 is 2.47 bits per heavy atom. The fraction of sp³-hybridized carbons (Fsp3) is 0.565. The Morgan fingerprint density at radius 1 is 1.03 bits per heavy atom. The molecule has 2 aromatic rings. The van der Waals surface area contributed by atoms with Crippen molar-refractivity contribution in [1.29, 1.82) is 0 Å². The van der Waals surface area contributed by atoms with Crippen molar-refractivity contribution in [3.63, 3.8) is 0 Å². The molecule has 0 spiro atoms. The van der Waals surface area contributed by atoms with Crippen molar-refractivity contribution in [1.82, 2.24) is 15.1 Å². The number of nitrogens with zero attached hydrogens (tertiary/aromatic N) is 3. The van der Waals surface area contributed by atoms with Gasteiger partial charge in [-0.1, -0.05) is 0 Å². The van der Waals surface area contributed by atoms with E-state index in [0.717, 1.165) is 38.5 Å². The standard InChI is InChI=1S/C23H25F5N4O2/c24-14-5-17(21(26)19(25)6-14)22-18(23(27)28)7-20(30-31-22)29-15-3-12-8-32(9-13(12)4-15)10-16-11-33-1-2-34-16/h5-7,12-13,15-16,23H,1-4,8-11H2,(H,29,30)/t12-,13+,15?,16?. The Kier molecular flexibility index (Phi) is 6.67. The second-order valence-electron chi connectivity index (χ2n) is 9.20. The second-order valence-corrected chi connectivity index (χ2v) is 9.20. The third-order valence-electron chi connectivity index (χ3n) is 6.83. The molecule has 2 unspecified atom stereocenters. The molecule has 34 heavy (non-hydrogen) atoms. The van der Waals surface area contributed by atoms with Crippen LogP contribution in [0.25, 0.3) is 11.3 Å². The lowest BCUT2D eigenvalue weighted by molar-refractivity contribution is -0.0964. The summed E-state index contributed by atoms with van der Waals surface area (Å²) >= 11 is 0. The lowest BCUT2D eigenvalue weighted by Crippen LogP contribution is -2.39. The van der Waals surface area contributed by atoms with Gasteiger partial charge in [0, 0.05) is 42.9 Å². The topological polar surface area (TPSA) is 59.5 Å². The highest BCUT2D eigenvalue weighted by atomic mass is 19.3. The third-order valence-corrected chi connectivity index (χ3v) is 6.83. The number of halogens is 5. The lowest BCUT2D eigenvalue weighted by Gasteiger charge is -2.28. The van der Waals surface area contributed by atoms with E-state index >= 15 is 0 Å². The molecule has 6 nitrogen and oxygen atoms in total. The van der Waals surface area contributed by atoms with E-state index in [1.165, 1.54) is 0 Å². The van der Waals surface area contributed by atoms with Crippen molar-refractivity contribution >= 4 is 5.82 Å². The fourth-order valence-electron chi connectivity index (χ4n) is 5.38. The molecule has 1 aromatic heterocycles. The van der Waals surface area contributed by atoms with Gasteiger partial charge in [0.2, 0.25) is 0 Å². The van der Waals surface area contributed by atoms with Gasteiger partial charge in [-0.15, -0.1) is 10.2 Å². The van der Waals surface area contributed by atoms with Crippen molar-refractivity contribution in [3.8, 4) is 11.3 Å². The normalized spacial score (nSPS) is 27.4. The van der Waals surface area contributed by atoms with Crippen LogP contribution in [0.15, 0.2) is 18.2 Å². The minimum absolute atomic E-state index is 0.0421. The first-order chi connectivity index (χ1) is 16.4. The quantitative estimate of drug-likeness (QED) is 0.494.